The fourth-order valence-electron chi connectivity index (χ4n) is 2.51. The average Bonchev–Trinajstić information content (AvgIpc) is 2.95. The van der Waals surface area contributed by atoms with Gasteiger partial charge >= 0.3 is 5.69 Å². The van der Waals surface area contributed by atoms with Gasteiger partial charge < -0.3 is 9.67 Å². The van der Waals surface area contributed by atoms with Crippen LogP contribution in [0, 0.1) is 5.82 Å². The van der Waals surface area contributed by atoms with Gasteiger partial charge in [0.25, 0.3) is 5.56 Å². The summed E-state index contributed by atoms with van der Waals surface area (Å²) in [6, 6.07) is 5.47. The number of imidazole rings is 1. The fraction of sp³-hybridized carbons (Fsp3) is 0.267. The molecule has 23 heavy (non-hydrogen) atoms. The van der Waals surface area contributed by atoms with Crippen LogP contribution in [0.25, 0.3) is 11.2 Å². The zero-order chi connectivity index (χ0) is 16.7. The van der Waals surface area contributed by atoms with Crippen molar-refractivity contribution in [3.8, 4) is 0 Å². The monoisotopic (exact) mass is 318 g/mol. The number of aromatic nitrogens is 4. The molecule has 3 rings (SSSR count). The molecule has 0 radical (unpaired) electrons. The van der Waals surface area contributed by atoms with E-state index in [0.29, 0.717) is 5.56 Å². The Morgan fingerprint density at radius 1 is 1.17 bits per heavy atom. The summed E-state index contributed by atoms with van der Waals surface area (Å²) in [5.74, 6) is -0.391. The Morgan fingerprint density at radius 3 is 2.48 bits per heavy atom. The van der Waals surface area contributed by atoms with E-state index < -0.39 is 23.2 Å². The summed E-state index contributed by atoms with van der Waals surface area (Å²) in [7, 11) is 2.91. The maximum Gasteiger partial charge on any atom is 0.332 e. The predicted molar refractivity (Wildman–Crippen MR) is 81.6 cm³/mol. The highest BCUT2D eigenvalue weighted by Crippen LogP contribution is 2.17. The first kappa shape index (κ1) is 15.2. The third-order valence-corrected chi connectivity index (χ3v) is 3.84. The lowest BCUT2D eigenvalue weighted by Crippen LogP contribution is -2.37. The summed E-state index contributed by atoms with van der Waals surface area (Å²) in [5.41, 5.74) is 0.0637. The Hall–Kier alpha value is -2.74. The first-order chi connectivity index (χ1) is 10.9. The second kappa shape index (κ2) is 5.47. The zero-order valence-electron chi connectivity index (χ0n) is 12.6. The molecule has 2 heterocycles. The summed E-state index contributed by atoms with van der Waals surface area (Å²) in [6.45, 7) is 0.0651. The van der Waals surface area contributed by atoms with E-state index in [1.807, 2.05) is 0 Å². The predicted octanol–water partition coefficient (Wildman–Crippen LogP) is 0.306. The molecular weight excluding hydrogens is 303 g/mol. The zero-order valence-corrected chi connectivity index (χ0v) is 12.6. The van der Waals surface area contributed by atoms with Crippen LogP contribution in [-0.4, -0.2) is 23.8 Å². The van der Waals surface area contributed by atoms with E-state index in [2.05, 4.69) is 4.98 Å². The molecule has 1 unspecified atom stereocenters. The van der Waals surface area contributed by atoms with Crippen LogP contribution in [0.15, 0.2) is 40.2 Å². The Bertz CT molecular complexity index is 985. The van der Waals surface area contributed by atoms with Gasteiger partial charge in [0, 0.05) is 14.1 Å². The lowest BCUT2D eigenvalue weighted by atomic mass is 10.1. The second-order valence-corrected chi connectivity index (χ2v) is 5.34. The van der Waals surface area contributed by atoms with Gasteiger partial charge in [-0.05, 0) is 17.7 Å². The van der Waals surface area contributed by atoms with Crippen molar-refractivity contribution in [2.24, 2.45) is 14.1 Å². The van der Waals surface area contributed by atoms with Crippen molar-refractivity contribution in [2.45, 2.75) is 12.6 Å². The number of fused-ring (bicyclic) bond motifs is 1. The van der Waals surface area contributed by atoms with Gasteiger partial charge in [-0.3, -0.25) is 13.9 Å². The second-order valence-electron chi connectivity index (χ2n) is 5.34. The fourth-order valence-corrected chi connectivity index (χ4v) is 2.51. The van der Waals surface area contributed by atoms with Crippen molar-refractivity contribution in [1.29, 1.82) is 0 Å². The molecule has 0 bridgehead atoms. The van der Waals surface area contributed by atoms with Gasteiger partial charge in [0.1, 0.15) is 5.82 Å². The maximum atomic E-state index is 12.9. The van der Waals surface area contributed by atoms with Gasteiger partial charge in [0.2, 0.25) is 0 Å². The molecule has 0 aliphatic carbocycles. The summed E-state index contributed by atoms with van der Waals surface area (Å²) < 4.78 is 16.7. The summed E-state index contributed by atoms with van der Waals surface area (Å²) in [4.78, 5) is 28.3. The Morgan fingerprint density at radius 2 is 1.83 bits per heavy atom. The minimum atomic E-state index is -0.935. The Balaban J connectivity index is 2.06. The number of hydrogen-bond acceptors (Lipinski definition) is 4. The molecule has 7 nitrogen and oxygen atoms in total. The number of nitrogens with zero attached hydrogens (tertiary/aromatic N) is 4. The van der Waals surface area contributed by atoms with Crippen LogP contribution in [0.3, 0.4) is 0 Å². The van der Waals surface area contributed by atoms with Crippen LogP contribution in [-0.2, 0) is 20.6 Å². The highest BCUT2D eigenvalue weighted by Gasteiger charge is 2.17. The van der Waals surface area contributed by atoms with Gasteiger partial charge in [-0.15, -0.1) is 0 Å². The first-order valence-corrected chi connectivity index (χ1v) is 6.94. The molecule has 8 heteroatoms. The van der Waals surface area contributed by atoms with Crippen molar-refractivity contribution in [3.05, 3.63) is 62.8 Å². The summed E-state index contributed by atoms with van der Waals surface area (Å²) in [5, 5.41) is 10.3. The van der Waals surface area contributed by atoms with Gasteiger partial charge in [-0.1, -0.05) is 12.1 Å². The number of halogens is 1. The van der Waals surface area contributed by atoms with Crippen LogP contribution in [0.2, 0.25) is 0 Å². The molecule has 0 saturated heterocycles. The van der Waals surface area contributed by atoms with Crippen molar-refractivity contribution in [3.63, 3.8) is 0 Å². The molecule has 0 aliphatic heterocycles. The van der Waals surface area contributed by atoms with Gasteiger partial charge in [-0.2, -0.15) is 0 Å². The Kier molecular flexibility index (Phi) is 3.61. The lowest BCUT2D eigenvalue weighted by molar-refractivity contribution is 0.157. The number of aliphatic hydroxyl groups is 1. The number of aliphatic hydroxyl groups excluding tert-OH is 1. The highest BCUT2D eigenvalue weighted by molar-refractivity contribution is 5.69. The van der Waals surface area contributed by atoms with Crippen LogP contribution in [0.5, 0.6) is 0 Å². The molecule has 0 fully saturated rings. The molecule has 2 aromatic heterocycles. The van der Waals surface area contributed by atoms with E-state index in [9.17, 15) is 19.1 Å². The third kappa shape index (κ3) is 2.46. The Labute approximate surface area is 129 Å². The van der Waals surface area contributed by atoms with Crippen LogP contribution >= 0.6 is 0 Å². The van der Waals surface area contributed by atoms with E-state index in [0.717, 1.165) is 4.57 Å². The van der Waals surface area contributed by atoms with Gasteiger partial charge in [-0.25, -0.2) is 14.2 Å². The van der Waals surface area contributed by atoms with E-state index in [-0.39, 0.29) is 17.7 Å². The number of hydrogen-bond donors (Lipinski definition) is 1. The standard InChI is InChI=1S/C15H15FN4O3/c1-18-13-12(14(22)19(2)15(18)23)20(8-17-13)7-11(21)9-3-5-10(16)6-4-9/h3-6,8,11,21H,7H2,1-2H3. The molecule has 1 N–H and O–H groups in total. The molecule has 3 aromatic rings. The van der Waals surface area contributed by atoms with Crippen molar-refractivity contribution in [1.82, 2.24) is 18.7 Å². The SMILES string of the molecule is Cn1c(=O)c2c(ncn2CC(O)c2ccc(F)cc2)n(C)c1=O. The summed E-state index contributed by atoms with van der Waals surface area (Å²) >= 11 is 0. The molecule has 0 saturated carbocycles. The molecule has 0 amide bonds. The van der Waals surface area contributed by atoms with Crippen LogP contribution in [0.4, 0.5) is 4.39 Å². The van der Waals surface area contributed by atoms with Gasteiger partial charge in [0.05, 0.1) is 19.0 Å². The molecule has 0 spiro atoms. The molecule has 0 aliphatic rings. The first-order valence-electron chi connectivity index (χ1n) is 6.94. The lowest BCUT2D eigenvalue weighted by Gasteiger charge is -2.12. The smallest absolute Gasteiger partial charge is 0.332 e. The minimum Gasteiger partial charge on any atom is -0.387 e. The quantitative estimate of drug-likeness (QED) is 0.753. The van der Waals surface area contributed by atoms with E-state index in [1.165, 1.54) is 53.8 Å². The number of aryl methyl sites for hydroxylation is 1. The molecule has 120 valence electrons. The normalized spacial score (nSPS) is 12.7. The molecular formula is C15H15FN4O3. The molecule has 1 atom stereocenters. The largest absolute Gasteiger partial charge is 0.387 e. The molecule has 1 aromatic carbocycles. The highest BCUT2D eigenvalue weighted by atomic mass is 19.1. The topological polar surface area (TPSA) is 82.0 Å². The van der Waals surface area contributed by atoms with E-state index in [4.69, 9.17) is 0 Å². The maximum absolute atomic E-state index is 12.9. The summed E-state index contributed by atoms with van der Waals surface area (Å²) in [6.07, 6.45) is 0.466. The van der Waals surface area contributed by atoms with Crippen molar-refractivity contribution >= 4 is 11.2 Å². The average molecular weight is 318 g/mol. The van der Waals surface area contributed by atoms with Gasteiger partial charge in [0.15, 0.2) is 11.2 Å². The number of benzene rings is 1. The minimum absolute atomic E-state index is 0.0651. The third-order valence-electron chi connectivity index (χ3n) is 3.84. The van der Waals surface area contributed by atoms with Crippen LogP contribution in [0.1, 0.15) is 11.7 Å². The number of rotatable bonds is 3. The van der Waals surface area contributed by atoms with Crippen molar-refractivity contribution < 1.29 is 9.50 Å². The van der Waals surface area contributed by atoms with Crippen molar-refractivity contribution in [2.75, 3.05) is 0 Å². The van der Waals surface area contributed by atoms with E-state index in [1.54, 1.807) is 0 Å². The van der Waals surface area contributed by atoms with E-state index >= 15 is 0 Å². The van der Waals surface area contributed by atoms with Crippen LogP contribution < -0.4 is 11.2 Å².